The molecule has 104 valence electrons. The highest BCUT2D eigenvalue weighted by Crippen LogP contribution is 2.29. The van der Waals surface area contributed by atoms with E-state index in [9.17, 15) is 9.18 Å². The van der Waals surface area contributed by atoms with Crippen molar-refractivity contribution in [1.29, 1.82) is 0 Å². The van der Waals surface area contributed by atoms with Crippen LogP contribution in [0.5, 0.6) is 0 Å². The average molecular weight is 332 g/mol. The fourth-order valence-corrected chi connectivity index (χ4v) is 2.16. The number of benzene rings is 1. The smallest absolute Gasteiger partial charge is 0.336 e. The predicted octanol–water partition coefficient (Wildman–Crippen LogP) is 3.12. The predicted molar refractivity (Wildman–Crippen MR) is 73.1 cm³/mol. The number of aromatic carboxylic acids is 1. The van der Waals surface area contributed by atoms with Gasteiger partial charge in [-0.25, -0.2) is 9.18 Å². The first kappa shape index (κ1) is 14.3. The highest BCUT2D eigenvalue weighted by Gasteiger charge is 2.21. The molecule has 0 heterocycles. The van der Waals surface area contributed by atoms with Gasteiger partial charge >= 0.3 is 5.97 Å². The summed E-state index contributed by atoms with van der Waals surface area (Å²) in [4.78, 5) is 10.8. The van der Waals surface area contributed by atoms with Crippen LogP contribution >= 0.6 is 15.9 Å². The Labute approximate surface area is 119 Å². The van der Waals surface area contributed by atoms with Gasteiger partial charge in [-0.15, -0.1) is 0 Å². The molecule has 2 rings (SSSR count). The summed E-state index contributed by atoms with van der Waals surface area (Å²) >= 11 is 2.95. The van der Waals surface area contributed by atoms with Crippen LogP contribution in [-0.4, -0.2) is 30.8 Å². The van der Waals surface area contributed by atoms with E-state index in [1.807, 2.05) is 0 Å². The lowest BCUT2D eigenvalue weighted by Gasteiger charge is -2.10. The van der Waals surface area contributed by atoms with Crippen molar-refractivity contribution in [2.45, 2.75) is 12.8 Å². The Kier molecular flexibility index (Phi) is 4.76. The van der Waals surface area contributed by atoms with Gasteiger partial charge < -0.3 is 15.2 Å². The monoisotopic (exact) mass is 331 g/mol. The van der Waals surface area contributed by atoms with E-state index in [0.29, 0.717) is 19.1 Å². The Morgan fingerprint density at radius 1 is 1.53 bits per heavy atom. The molecule has 6 heteroatoms. The first-order chi connectivity index (χ1) is 9.09. The number of ether oxygens (including phenoxy) is 1. The fraction of sp³-hybridized carbons (Fsp3) is 0.462. The zero-order valence-electron chi connectivity index (χ0n) is 10.3. The topological polar surface area (TPSA) is 58.6 Å². The van der Waals surface area contributed by atoms with Crippen LogP contribution < -0.4 is 5.32 Å². The van der Waals surface area contributed by atoms with Crippen LogP contribution in [0.2, 0.25) is 0 Å². The molecular weight excluding hydrogens is 317 g/mol. The molecule has 0 amide bonds. The average Bonchev–Trinajstić information content (AvgIpc) is 3.17. The van der Waals surface area contributed by atoms with Crippen LogP contribution in [0.3, 0.4) is 0 Å². The molecule has 0 spiro atoms. The summed E-state index contributed by atoms with van der Waals surface area (Å²) in [5, 5.41) is 11.7. The van der Waals surface area contributed by atoms with E-state index in [0.717, 1.165) is 6.61 Å². The van der Waals surface area contributed by atoms with Crippen molar-refractivity contribution in [1.82, 2.24) is 0 Å². The van der Waals surface area contributed by atoms with Gasteiger partial charge in [0, 0.05) is 13.2 Å². The number of carbonyl (C=O) groups is 1. The minimum absolute atomic E-state index is 0.0381. The van der Waals surface area contributed by atoms with Crippen molar-refractivity contribution >= 4 is 27.6 Å². The molecule has 1 aliphatic carbocycles. The maximum Gasteiger partial charge on any atom is 0.336 e. The molecule has 19 heavy (non-hydrogen) atoms. The van der Waals surface area contributed by atoms with Gasteiger partial charge in [0.05, 0.1) is 22.3 Å². The van der Waals surface area contributed by atoms with Gasteiger partial charge in [0.2, 0.25) is 0 Å². The second-order valence-corrected chi connectivity index (χ2v) is 5.33. The maximum absolute atomic E-state index is 13.9. The molecule has 1 aliphatic rings. The third-order valence-corrected chi connectivity index (χ3v) is 3.70. The van der Waals surface area contributed by atoms with Crippen molar-refractivity contribution in [2.75, 3.05) is 25.1 Å². The van der Waals surface area contributed by atoms with Crippen LogP contribution in [0.4, 0.5) is 10.1 Å². The molecular formula is C13H15BrFNO3. The third kappa shape index (κ3) is 3.91. The van der Waals surface area contributed by atoms with Gasteiger partial charge in [-0.3, -0.25) is 0 Å². The van der Waals surface area contributed by atoms with Gasteiger partial charge in [0.25, 0.3) is 0 Å². The second kappa shape index (κ2) is 6.34. The Hall–Kier alpha value is -1.14. The highest BCUT2D eigenvalue weighted by molar-refractivity contribution is 9.10. The van der Waals surface area contributed by atoms with Crippen molar-refractivity contribution in [3.63, 3.8) is 0 Å². The summed E-state index contributed by atoms with van der Waals surface area (Å²) in [5.74, 6) is -1.05. The number of carboxylic acid groups (broad SMARTS) is 1. The van der Waals surface area contributed by atoms with Crippen molar-refractivity contribution < 1.29 is 19.0 Å². The molecule has 2 N–H and O–H groups in total. The zero-order valence-corrected chi connectivity index (χ0v) is 11.9. The number of nitrogens with one attached hydrogen (secondary N) is 1. The van der Waals surface area contributed by atoms with Crippen LogP contribution in [0.15, 0.2) is 16.6 Å². The molecule has 1 aromatic carbocycles. The molecule has 1 fully saturated rings. The number of hydrogen-bond donors (Lipinski definition) is 2. The van der Waals surface area contributed by atoms with E-state index in [1.54, 1.807) is 0 Å². The number of anilines is 1. The fourth-order valence-electron chi connectivity index (χ4n) is 1.64. The molecule has 4 nitrogen and oxygen atoms in total. The summed E-state index contributed by atoms with van der Waals surface area (Å²) < 4.78 is 19.2. The standard InChI is InChI=1S/C13H15BrFNO3/c14-11-9(13(17)18)3-4-10(12(11)15)16-5-6-19-7-8-1-2-8/h3-4,8,16H,1-2,5-7H2,(H,17,18). The van der Waals surface area contributed by atoms with Crippen LogP contribution in [-0.2, 0) is 4.74 Å². The van der Waals surface area contributed by atoms with Crippen LogP contribution in [0.1, 0.15) is 23.2 Å². The SMILES string of the molecule is O=C(O)c1ccc(NCCOCC2CC2)c(F)c1Br. The lowest BCUT2D eigenvalue weighted by molar-refractivity contribution is 0.0695. The number of carboxylic acids is 1. The second-order valence-electron chi connectivity index (χ2n) is 4.54. The van der Waals surface area contributed by atoms with E-state index in [-0.39, 0.29) is 15.7 Å². The molecule has 0 atom stereocenters. The van der Waals surface area contributed by atoms with Crippen LogP contribution in [0, 0.1) is 11.7 Å². The minimum atomic E-state index is -1.16. The summed E-state index contributed by atoms with van der Waals surface area (Å²) in [6, 6.07) is 2.79. The van der Waals surface area contributed by atoms with Gasteiger partial charge in [-0.05, 0) is 46.8 Å². The van der Waals surface area contributed by atoms with Gasteiger partial charge in [0.15, 0.2) is 5.82 Å². The largest absolute Gasteiger partial charge is 0.478 e. The zero-order chi connectivity index (χ0) is 13.8. The third-order valence-electron chi connectivity index (χ3n) is 2.93. The molecule has 0 saturated heterocycles. The molecule has 1 saturated carbocycles. The lowest BCUT2D eigenvalue weighted by Crippen LogP contribution is -2.12. The molecule has 0 unspecified atom stereocenters. The van der Waals surface area contributed by atoms with Crippen LogP contribution in [0.25, 0.3) is 0 Å². The Balaban J connectivity index is 1.85. The van der Waals surface area contributed by atoms with E-state index >= 15 is 0 Å². The van der Waals surface area contributed by atoms with Gasteiger partial charge in [-0.1, -0.05) is 0 Å². The normalized spacial score (nSPS) is 14.4. The summed E-state index contributed by atoms with van der Waals surface area (Å²) in [7, 11) is 0. The van der Waals surface area contributed by atoms with Gasteiger partial charge in [0.1, 0.15) is 0 Å². The highest BCUT2D eigenvalue weighted by atomic mass is 79.9. The molecule has 0 aliphatic heterocycles. The Morgan fingerprint density at radius 2 is 2.26 bits per heavy atom. The van der Waals surface area contributed by atoms with Crippen molar-refractivity contribution in [3.05, 3.63) is 28.0 Å². The molecule has 0 radical (unpaired) electrons. The minimum Gasteiger partial charge on any atom is -0.478 e. The van der Waals surface area contributed by atoms with Crippen molar-refractivity contribution in [2.24, 2.45) is 5.92 Å². The first-order valence-corrected chi connectivity index (χ1v) is 6.92. The summed E-state index contributed by atoms with van der Waals surface area (Å²) in [6.45, 7) is 1.77. The molecule has 0 bridgehead atoms. The van der Waals surface area contributed by atoms with E-state index in [2.05, 4.69) is 21.2 Å². The number of hydrogen-bond acceptors (Lipinski definition) is 3. The molecule has 1 aromatic rings. The maximum atomic E-state index is 13.9. The van der Waals surface area contributed by atoms with E-state index < -0.39 is 11.8 Å². The molecule has 0 aromatic heterocycles. The number of rotatable bonds is 7. The van der Waals surface area contributed by atoms with E-state index in [1.165, 1.54) is 25.0 Å². The Bertz CT molecular complexity index is 477. The first-order valence-electron chi connectivity index (χ1n) is 6.12. The van der Waals surface area contributed by atoms with E-state index in [4.69, 9.17) is 9.84 Å². The summed E-state index contributed by atoms with van der Waals surface area (Å²) in [5.41, 5.74) is 0.180. The Morgan fingerprint density at radius 3 is 2.89 bits per heavy atom. The number of halogens is 2. The van der Waals surface area contributed by atoms with Gasteiger partial charge in [-0.2, -0.15) is 0 Å². The van der Waals surface area contributed by atoms with Crippen molar-refractivity contribution in [3.8, 4) is 0 Å². The quantitative estimate of drug-likeness (QED) is 0.753. The lowest BCUT2D eigenvalue weighted by atomic mass is 10.2. The summed E-state index contributed by atoms with van der Waals surface area (Å²) in [6.07, 6.45) is 2.48.